The van der Waals surface area contributed by atoms with Crippen LogP contribution in [0.25, 0.3) is 0 Å². The fraction of sp³-hybridized carbons (Fsp3) is 0.310. The molecule has 3 aromatic rings. The van der Waals surface area contributed by atoms with E-state index in [0.29, 0.717) is 47.5 Å². The number of unbranched alkanes of at least 4 members (excludes halogenated alkanes) is 1. The lowest BCUT2D eigenvalue weighted by Crippen LogP contribution is -2.28. The molecular weight excluding hydrogens is 642 g/mol. The highest BCUT2D eigenvalue weighted by molar-refractivity contribution is 7.15. The smallest absolute Gasteiger partial charge is 0.484 e. The van der Waals surface area contributed by atoms with Gasteiger partial charge in [-0.25, -0.2) is 0 Å². The van der Waals surface area contributed by atoms with Crippen LogP contribution in [0.4, 0.5) is 31.5 Å². The number of carbonyl (C=O) groups excluding carboxylic acids is 2. The Morgan fingerprint density at radius 2 is 1.52 bits per heavy atom. The van der Waals surface area contributed by atoms with Crippen LogP contribution in [-0.2, 0) is 28.9 Å². The van der Waals surface area contributed by atoms with Crippen molar-refractivity contribution < 1.29 is 45.4 Å². The van der Waals surface area contributed by atoms with E-state index >= 15 is 0 Å². The van der Waals surface area contributed by atoms with Crippen molar-refractivity contribution in [1.82, 2.24) is 15.5 Å². The highest BCUT2D eigenvalue weighted by atomic mass is 32.1. The van der Waals surface area contributed by atoms with Gasteiger partial charge in [0.1, 0.15) is 22.3 Å². The standard InChI is InChI=1S/C29H30F6N6O4S/c30-28(31,32)17-44-21-8-3-5-18(13-21)16-25(43)39-27-41-40-26(46-27)10-2-1-7-20(36)11-12-23(37)38-24(42)15-19-6-4-9-22(14-19)45-29(33,34)35/h3-6,8-9,11-14H,1-2,7,10,15-17,36-37H2,(H,38,42)(H,39,41,43)/b20-11-,23-12+. The number of anilines is 1. The molecule has 6 N–H and O–H groups in total. The topological polar surface area (TPSA) is 154 Å². The summed E-state index contributed by atoms with van der Waals surface area (Å²) in [5.74, 6) is -1.39. The molecular formula is C29H30F6N6O4S. The van der Waals surface area contributed by atoms with Crippen LogP contribution in [0.5, 0.6) is 11.5 Å². The third kappa shape index (κ3) is 14.3. The molecule has 0 spiro atoms. The first-order valence-electron chi connectivity index (χ1n) is 13.6. The summed E-state index contributed by atoms with van der Waals surface area (Å²) in [7, 11) is 0. The maximum absolute atomic E-state index is 12.4. The number of alkyl halides is 6. The summed E-state index contributed by atoms with van der Waals surface area (Å²) >= 11 is 1.20. The Morgan fingerprint density at radius 1 is 0.870 bits per heavy atom. The number of nitrogens with one attached hydrogen (secondary N) is 2. The molecule has 1 aromatic heterocycles. The first kappa shape index (κ1) is 35.7. The summed E-state index contributed by atoms with van der Waals surface area (Å²) in [5, 5.41) is 14.0. The number of aryl methyl sites for hydroxylation is 1. The summed E-state index contributed by atoms with van der Waals surface area (Å²) in [6.07, 6.45) is -4.22. The predicted octanol–water partition coefficient (Wildman–Crippen LogP) is 5.27. The number of nitrogens with zero attached hydrogens (tertiary/aromatic N) is 2. The Labute approximate surface area is 263 Å². The van der Waals surface area contributed by atoms with Gasteiger partial charge < -0.3 is 31.6 Å². The monoisotopic (exact) mass is 672 g/mol. The molecule has 0 radical (unpaired) electrons. The first-order chi connectivity index (χ1) is 21.6. The van der Waals surface area contributed by atoms with Crippen molar-refractivity contribution >= 4 is 28.3 Å². The van der Waals surface area contributed by atoms with E-state index < -0.39 is 36.7 Å². The minimum atomic E-state index is -4.84. The number of rotatable bonds is 15. The summed E-state index contributed by atoms with van der Waals surface area (Å²) in [6.45, 7) is -1.43. The number of hydrogen-bond acceptors (Lipinski definition) is 9. The lowest BCUT2D eigenvalue weighted by Gasteiger charge is -2.10. The van der Waals surface area contributed by atoms with Gasteiger partial charge in [0.2, 0.25) is 16.9 Å². The van der Waals surface area contributed by atoms with E-state index in [0.717, 1.165) is 12.1 Å². The molecule has 248 valence electrons. The maximum Gasteiger partial charge on any atom is 0.573 e. The second kappa shape index (κ2) is 16.5. The van der Waals surface area contributed by atoms with E-state index in [1.54, 1.807) is 6.07 Å². The van der Waals surface area contributed by atoms with Crippen molar-refractivity contribution in [2.45, 2.75) is 51.1 Å². The summed E-state index contributed by atoms with van der Waals surface area (Å²) in [4.78, 5) is 24.6. The molecule has 0 aliphatic heterocycles. The van der Waals surface area contributed by atoms with Crippen LogP contribution in [0.3, 0.4) is 0 Å². The Bertz CT molecular complexity index is 1540. The minimum absolute atomic E-state index is 0.00146. The van der Waals surface area contributed by atoms with Gasteiger partial charge in [-0.05, 0) is 66.8 Å². The molecule has 0 saturated carbocycles. The number of nitrogens with two attached hydrogens (primary N) is 2. The molecule has 46 heavy (non-hydrogen) atoms. The summed E-state index contributed by atoms with van der Waals surface area (Å²) in [5.41, 5.74) is 13.1. The average molecular weight is 673 g/mol. The molecule has 0 aliphatic carbocycles. The lowest BCUT2D eigenvalue weighted by molar-refractivity contribution is -0.274. The van der Waals surface area contributed by atoms with Crippen LogP contribution in [0.15, 0.2) is 72.2 Å². The van der Waals surface area contributed by atoms with Crippen LogP contribution in [-0.4, -0.2) is 41.2 Å². The zero-order chi connectivity index (χ0) is 33.7. The quantitative estimate of drug-likeness (QED) is 0.0967. The zero-order valence-electron chi connectivity index (χ0n) is 24.1. The third-order valence-corrected chi connectivity index (χ3v) is 6.64. The van der Waals surface area contributed by atoms with Crippen LogP contribution >= 0.6 is 11.3 Å². The third-order valence-electron chi connectivity index (χ3n) is 5.74. The van der Waals surface area contributed by atoms with Crippen molar-refractivity contribution in [3.8, 4) is 11.5 Å². The van der Waals surface area contributed by atoms with E-state index in [2.05, 4.69) is 25.6 Å². The van der Waals surface area contributed by atoms with Crippen LogP contribution < -0.4 is 31.6 Å². The Morgan fingerprint density at radius 3 is 2.20 bits per heavy atom. The van der Waals surface area contributed by atoms with E-state index in [1.165, 1.54) is 53.8 Å². The number of allylic oxidation sites excluding steroid dienone is 3. The van der Waals surface area contributed by atoms with Gasteiger partial charge in [0.15, 0.2) is 6.61 Å². The van der Waals surface area contributed by atoms with Crippen molar-refractivity contribution in [2.24, 2.45) is 11.5 Å². The second-order valence-electron chi connectivity index (χ2n) is 9.77. The van der Waals surface area contributed by atoms with Gasteiger partial charge in [0.25, 0.3) is 0 Å². The van der Waals surface area contributed by atoms with Crippen LogP contribution in [0, 0.1) is 0 Å². The summed E-state index contributed by atoms with van der Waals surface area (Å²) in [6, 6.07) is 10.9. The molecule has 0 fully saturated rings. The van der Waals surface area contributed by atoms with Gasteiger partial charge >= 0.3 is 12.5 Å². The number of carbonyl (C=O) groups is 2. The van der Waals surface area contributed by atoms with Crippen LogP contribution in [0.1, 0.15) is 35.4 Å². The lowest BCUT2D eigenvalue weighted by atomic mass is 10.1. The van der Waals surface area contributed by atoms with E-state index in [-0.39, 0.29) is 29.5 Å². The van der Waals surface area contributed by atoms with Crippen LogP contribution in [0.2, 0.25) is 0 Å². The van der Waals surface area contributed by atoms with E-state index in [1.807, 2.05) is 0 Å². The highest BCUT2D eigenvalue weighted by Crippen LogP contribution is 2.24. The second-order valence-corrected chi connectivity index (χ2v) is 10.8. The number of aromatic nitrogens is 2. The van der Waals surface area contributed by atoms with Crippen molar-refractivity contribution in [1.29, 1.82) is 0 Å². The van der Waals surface area contributed by atoms with Crippen molar-refractivity contribution in [3.05, 3.63) is 88.3 Å². The van der Waals surface area contributed by atoms with Gasteiger partial charge in [0.05, 0.1) is 12.8 Å². The minimum Gasteiger partial charge on any atom is -0.484 e. The van der Waals surface area contributed by atoms with Gasteiger partial charge in [-0.1, -0.05) is 35.6 Å². The van der Waals surface area contributed by atoms with Gasteiger partial charge in [-0.3, -0.25) is 9.59 Å². The molecule has 0 bridgehead atoms. The van der Waals surface area contributed by atoms with Gasteiger partial charge in [0, 0.05) is 12.1 Å². The van der Waals surface area contributed by atoms with Crippen molar-refractivity contribution in [3.63, 3.8) is 0 Å². The molecule has 3 rings (SSSR count). The number of benzene rings is 2. The normalized spacial score (nSPS) is 12.5. The largest absolute Gasteiger partial charge is 0.573 e. The average Bonchev–Trinajstić information content (AvgIpc) is 3.39. The fourth-order valence-electron chi connectivity index (χ4n) is 3.83. The molecule has 1 heterocycles. The number of ether oxygens (including phenoxy) is 2. The van der Waals surface area contributed by atoms with E-state index in [4.69, 9.17) is 16.2 Å². The summed E-state index contributed by atoms with van der Waals surface area (Å²) < 4.78 is 82.8. The van der Waals surface area contributed by atoms with Gasteiger partial charge in [-0.2, -0.15) is 13.2 Å². The molecule has 0 aliphatic rings. The SMILES string of the molecule is N/C(=C\C=C(/N)NC(=O)Cc1cccc(OC(F)(F)F)c1)CCCCc1nnc(NC(=O)Cc2cccc(OCC(F)(F)F)c2)s1. The highest BCUT2D eigenvalue weighted by Gasteiger charge is 2.31. The van der Waals surface area contributed by atoms with E-state index in [9.17, 15) is 35.9 Å². The molecule has 17 heteroatoms. The molecule has 0 atom stereocenters. The zero-order valence-corrected chi connectivity index (χ0v) is 24.9. The Kier molecular flexibility index (Phi) is 12.8. The first-order valence-corrected chi connectivity index (χ1v) is 14.4. The number of amides is 2. The number of halogens is 6. The molecule has 0 saturated heterocycles. The van der Waals surface area contributed by atoms with Crippen molar-refractivity contribution in [2.75, 3.05) is 11.9 Å². The fourth-order valence-corrected chi connectivity index (χ4v) is 4.63. The maximum atomic E-state index is 12.4. The molecule has 0 unspecified atom stereocenters. The predicted molar refractivity (Wildman–Crippen MR) is 157 cm³/mol. The molecule has 10 nitrogen and oxygen atoms in total. The van der Waals surface area contributed by atoms with Gasteiger partial charge in [-0.15, -0.1) is 23.4 Å². The number of hydrogen-bond donors (Lipinski definition) is 4. The molecule has 2 amide bonds. The Hall–Kier alpha value is -4.80. The Balaban J connectivity index is 1.36. The molecule has 2 aromatic carbocycles.